The zero-order valence-corrected chi connectivity index (χ0v) is 12.9. The third-order valence-corrected chi connectivity index (χ3v) is 3.17. The molecule has 7 heteroatoms. The molecular formula is C15H15ClN2O4. The molecule has 1 N–H and O–H groups in total. The maximum atomic E-state index is 12.1. The van der Waals surface area contributed by atoms with Crippen molar-refractivity contribution in [1.29, 1.82) is 0 Å². The first-order chi connectivity index (χ1) is 10.5. The highest BCUT2D eigenvalue weighted by Gasteiger charge is 2.10. The predicted molar refractivity (Wildman–Crippen MR) is 83.9 cm³/mol. The Morgan fingerprint density at radius 2 is 2.00 bits per heavy atom. The number of hydrogen-bond acceptors (Lipinski definition) is 4. The first-order valence-corrected chi connectivity index (χ1v) is 6.79. The molecule has 0 spiro atoms. The number of pyridine rings is 1. The molecule has 1 amide bonds. The van der Waals surface area contributed by atoms with Crippen LogP contribution >= 0.6 is 11.6 Å². The van der Waals surface area contributed by atoms with E-state index in [4.69, 9.17) is 21.1 Å². The topological polar surface area (TPSA) is 69.6 Å². The maximum absolute atomic E-state index is 12.1. The molecule has 1 heterocycles. The Bertz CT molecular complexity index is 743. The van der Waals surface area contributed by atoms with Crippen molar-refractivity contribution in [1.82, 2.24) is 4.57 Å². The van der Waals surface area contributed by atoms with E-state index in [-0.39, 0.29) is 18.0 Å². The Morgan fingerprint density at radius 3 is 2.68 bits per heavy atom. The van der Waals surface area contributed by atoms with E-state index < -0.39 is 0 Å². The van der Waals surface area contributed by atoms with Gasteiger partial charge in [-0.2, -0.15) is 0 Å². The average molecular weight is 323 g/mol. The van der Waals surface area contributed by atoms with Crippen LogP contribution in [-0.2, 0) is 11.3 Å². The van der Waals surface area contributed by atoms with Crippen LogP contribution in [0.3, 0.4) is 0 Å². The van der Waals surface area contributed by atoms with Gasteiger partial charge in [-0.25, -0.2) is 0 Å². The molecule has 0 saturated carbocycles. The molecule has 22 heavy (non-hydrogen) atoms. The first kappa shape index (κ1) is 15.9. The second-order valence-electron chi connectivity index (χ2n) is 4.43. The highest BCUT2D eigenvalue weighted by Crippen LogP contribution is 2.28. The fourth-order valence-corrected chi connectivity index (χ4v) is 2.05. The van der Waals surface area contributed by atoms with E-state index in [0.717, 1.165) is 0 Å². The summed E-state index contributed by atoms with van der Waals surface area (Å²) in [6.45, 7) is -0.144. The smallest absolute Gasteiger partial charge is 0.251 e. The summed E-state index contributed by atoms with van der Waals surface area (Å²) >= 11 is 5.82. The third kappa shape index (κ3) is 3.79. The van der Waals surface area contributed by atoms with Crippen LogP contribution in [0.1, 0.15) is 0 Å². The van der Waals surface area contributed by atoms with Crippen molar-refractivity contribution in [2.75, 3.05) is 19.5 Å². The van der Waals surface area contributed by atoms with Crippen molar-refractivity contribution in [2.45, 2.75) is 6.54 Å². The largest absolute Gasteiger partial charge is 0.497 e. The summed E-state index contributed by atoms with van der Waals surface area (Å²) < 4.78 is 11.5. The molecule has 0 radical (unpaired) electrons. The van der Waals surface area contributed by atoms with E-state index in [1.807, 2.05) is 0 Å². The molecular weight excluding hydrogens is 308 g/mol. The minimum Gasteiger partial charge on any atom is -0.497 e. The highest BCUT2D eigenvalue weighted by molar-refractivity contribution is 6.30. The summed E-state index contributed by atoms with van der Waals surface area (Å²) in [7, 11) is 3.03. The standard InChI is InChI=1S/C15H15ClN2O4/c1-21-11-4-5-12(13(7-11)22-2)17-14(19)9-18-8-10(16)3-6-15(18)20/h3-8H,9H2,1-2H3,(H,17,19). The molecule has 0 unspecified atom stereocenters. The van der Waals surface area contributed by atoms with Gasteiger partial charge in [0.15, 0.2) is 0 Å². The number of carbonyl (C=O) groups excluding carboxylic acids is 1. The number of amides is 1. The van der Waals surface area contributed by atoms with Crippen LogP contribution in [0.2, 0.25) is 5.02 Å². The molecule has 0 aliphatic heterocycles. The van der Waals surface area contributed by atoms with Crippen LogP contribution in [-0.4, -0.2) is 24.7 Å². The number of anilines is 1. The fraction of sp³-hybridized carbons (Fsp3) is 0.200. The molecule has 0 fully saturated rings. The highest BCUT2D eigenvalue weighted by atomic mass is 35.5. The van der Waals surface area contributed by atoms with Crippen LogP contribution in [0.15, 0.2) is 41.3 Å². The van der Waals surface area contributed by atoms with Gasteiger partial charge in [-0.3, -0.25) is 9.59 Å². The zero-order chi connectivity index (χ0) is 16.1. The molecule has 2 aromatic rings. The van der Waals surface area contributed by atoms with Crippen LogP contribution < -0.4 is 20.3 Å². The fourth-order valence-electron chi connectivity index (χ4n) is 1.87. The van der Waals surface area contributed by atoms with Crippen LogP contribution in [0, 0.1) is 0 Å². The van der Waals surface area contributed by atoms with Gasteiger partial charge in [-0.15, -0.1) is 0 Å². The predicted octanol–water partition coefficient (Wildman–Crippen LogP) is 2.16. The lowest BCUT2D eigenvalue weighted by molar-refractivity contribution is -0.116. The molecule has 1 aromatic heterocycles. The Morgan fingerprint density at radius 1 is 1.23 bits per heavy atom. The molecule has 0 saturated heterocycles. The number of halogens is 1. The van der Waals surface area contributed by atoms with Crippen LogP contribution in [0.5, 0.6) is 11.5 Å². The van der Waals surface area contributed by atoms with Gasteiger partial charge < -0.3 is 19.4 Å². The molecule has 2 rings (SSSR count). The van der Waals surface area contributed by atoms with Gasteiger partial charge in [0.25, 0.3) is 5.56 Å². The van der Waals surface area contributed by atoms with Gasteiger partial charge in [0.05, 0.1) is 24.9 Å². The lowest BCUT2D eigenvalue weighted by Gasteiger charge is -2.12. The normalized spacial score (nSPS) is 10.1. The summed E-state index contributed by atoms with van der Waals surface area (Å²) in [5, 5.41) is 3.07. The quantitative estimate of drug-likeness (QED) is 0.916. The Labute approximate surface area is 132 Å². The number of carbonyl (C=O) groups is 1. The number of ether oxygens (including phenoxy) is 2. The molecule has 116 valence electrons. The van der Waals surface area contributed by atoms with Gasteiger partial charge in [-0.1, -0.05) is 11.6 Å². The van der Waals surface area contributed by atoms with E-state index in [0.29, 0.717) is 22.2 Å². The number of rotatable bonds is 5. The van der Waals surface area contributed by atoms with Crippen molar-refractivity contribution in [3.05, 3.63) is 51.9 Å². The van der Waals surface area contributed by atoms with Gasteiger partial charge in [0.2, 0.25) is 5.91 Å². The van der Waals surface area contributed by atoms with Gasteiger partial charge in [0, 0.05) is 18.3 Å². The molecule has 0 aliphatic rings. The third-order valence-electron chi connectivity index (χ3n) is 2.94. The summed E-state index contributed by atoms with van der Waals surface area (Å²) in [6, 6.07) is 7.80. The number of methoxy groups -OCH3 is 2. The van der Waals surface area contributed by atoms with E-state index in [1.54, 1.807) is 25.3 Å². The van der Waals surface area contributed by atoms with E-state index >= 15 is 0 Å². The number of benzene rings is 1. The van der Waals surface area contributed by atoms with E-state index in [9.17, 15) is 9.59 Å². The van der Waals surface area contributed by atoms with Crippen LogP contribution in [0.25, 0.3) is 0 Å². The molecule has 1 aromatic carbocycles. The molecule has 0 aliphatic carbocycles. The number of aromatic nitrogens is 1. The van der Waals surface area contributed by atoms with E-state index in [2.05, 4.69) is 5.32 Å². The summed E-state index contributed by atoms with van der Waals surface area (Å²) in [5.41, 5.74) is 0.185. The maximum Gasteiger partial charge on any atom is 0.251 e. The molecule has 6 nitrogen and oxygen atoms in total. The zero-order valence-electron chi connectivity index (χ0n) is 12.1. The lowest BCUT2D eigenvalue weighted by atomic mass is 10.2. The van der Waals surface area contributed by atoms with Crippen molar-refractivity contribution in [2.24, 2.45) is 0 Å². The minimum absolute atomic E-state index is 0.144. The second kappa shape index (κ2) is 7.00. The van der Waals surface area contributed by atoms with Crippen molar-refractivity contribution >= 4 is 23.2 Å². The Kier molecular flexibility index (Phi) is 5.06. The summed E-state index contributed by atoms with van der Waals surface area (Å²) in [6.07, 6.45) is 1.41. The minimum atomic E-state index is -0.368. The molecule has 0 bridgehead atoms. The Hall–Kier alpha value is -2.47. The molecule has 0 atom stereocenters. The number of nitrogens with one attached hydrogen (secondary N) is 1. The second-order valence-corrected chi connectivity index (χ2v) is 4.86. The monoisotopic (exact) mass is 322 g/mol. The van der Waals surface area contributed by atoms with E-state index in [1.165, 1.54) is 30.0 Å². The average Bonchev–Trinajstić information content (AvgIpc) is 2.51. The summed E-state index contributed by atoms with van der Waals surface area (Å²) in [5.74, 6) is 0.708. The lowest BCUT2D eigenvalue weighted by Crippen LogP contribution is -2.26. The van der Waals surface area contributed by atoms with Gasteiger partial charge >= 0.3 is 0 Å². The summed E-state index contributed by atoms with van der Waals surface area (Å²) in [4.78, 5) is 23.7. The van der Waals surface area contributed by atoms with Gasteiger partial charge in [0.1, 0.15) is 18.0 Å². The van der Waals surface area contributed by atoms with Crippen molar-refractivity contribution < 1.29 is 14.3 Å². The first-order valence-electron chi connectivity index (χ1n) is 6.41. The van der Waals surface area contributed by atoms with Gasteiger partial charge in [-0.05, 0) is 18.2 Å². The van der Waals surface area contributed by atoms with Crippen molar-refractivity contribution in [3.8, 4) is 11.5 Å². The van der Waals surface area contributed by atoms with Crippen molar-refractivity contribution in [3.63, 3.8) is 0 Å². The van der Waals surface area contributed by atoms with Crippen LogP contribution in [0.4, 0.5) is 5.69 Å². The number of nitrogens with zero attached hydrogens (tertiary/aromatic N) is 1. The Balaban J connectivity index is 2.15. The number of hydrogen-bond donors (Lipinski definition) is 1. The SMILES string of the molecule is COc1ccc(NC(=O)Cn2cc(Cl)ccc2=O)c(OC)c1.